The second-order valence-corrected chi connectivity index (χ2v) is 4.54. The molecule has 1 aromatic rings. The lowest BCUT2D eigenvalue weighted by Crippen LogP contribution is -2.20. The number of aromatic nitrogens is 1. The highest BCUT2D eigenvalue weighted by Crippen LogP contribution is 2.37. The van der Waals surface area contributed by atoms with Crippen molar-refractivity contribution in [3.63, 3.8) is 0 Å². The SMILES string of the molecule is CCOC(=O)c1c[nH]c2c(c1=O)C=C(Cl)/C2=C/C(F)(F)F. The lowest BCUT2D eigenvalue weighted by Gasteiger charge is -2.07. The predicted molar refractivity (Wildman–Crippen MR) is 70.9 cm³/mol. The van der Waals surface area contributed by atoms with E-state index in [-0.39, 0.29) is 40.1 Å². The lowest BCUT2D eigenvalue weighted by molar-refractivity contribution is -0.0793. The Morgan fingerprint density at radius 3 is 2.71 bits per heavy atom. The summed E-state index contributed by atoms with van der Waals surface area (Å²) in [4.78, 5) is 26.2. The summed E-state index contributed by atoms with van der Waals surface area (Å²) in [5.74, 6) is -0.848. The van der Waals surface area contributed by atoms with Gasteiger partial charge in [-0.1, -0.05) is 11.6 Å². The molecule has 0 saturated heterocycles. The monoisotopic (exact) mass is 319 g/mol. The average Bonchev–Trinajstić information content (AvgIpc) is 2.66. The number of ether oxygens (including phenoxy) is 1. The first kappa shape index (κ1) is 15.4. The number of H-pyrrole nitrogens is 1. The summed E-state index contributed by atoms with van der Waals surface area (Å²) in [6.45, 7) is 1.64. The van der Waals surface area contributed by atoms with Crippen LogP contribution < -0.4 is 5.43 Å². The number of carbonyl (C=O) groups excluding carboxylic acids is 1. The Labute approximate surface area is 121 Å². The molecule has 2 rings (SSSR count). The highest BCUT2D eigenvalue weighted by molar-refractivity contribution is 6.40. The smallest absolute Gasteiger partial charge is 0.410 e. The fourth-order valence-electron chi connectivity index (χ4n) is 1.90. The number of alkyl halides is 3. The molecule has 0 unspecified atom stereocenters. The van der Waals surface area contributed by atoms with Gasteiger partial charge < -0.3 is 9.72 Å². The maximum atomic E-state index is 12.5. The Hall–Kier alpha value is -2.02. The van der Waals surface area contributed by atoms with Crippen molar-refractivity contribution in [2.24, 2.45) is 0 Å². The van der Waals surface area contributed by atoms with Crippen LogP contribution in [0.15, 0.2) is 22.1 Å². The summed E-state index contributed by atoms with van der Waals surface area (Å²) < 4.78 is 42.1. The van der Waals surface area contributed by atoms with Gasteiger partial charge in [-0.25, -0.2) is 4.79 Å². The van der Waals surface area contributed by atoms with Crippen LogP contribution in [0.4, 0.5) is 13.2 Å². The van der Waals surface area contributed by atoms with Gasteiger partial charge in [-0.3, -0.25) is 4.79 Å². The van der Waals surface area contributed by atoms with Crippen LogP contribution in [-0.2, 0) is 4.74 Å². The number of fused-ring (bicyclic) bond motifs is 1. The minimum Gasteiger partial charge on any atom is -0.462 e. The Bertz CT molecular complexity index is 716. The maximum absolute atomic E-state index is 12.5. The topological polar surface area (TPSA) is 59.2 Å². The minimum atomic E-state index is -4.58. The molecule has 0 spiro atoms. The zero-order valence-electron chi connectivity index (χ0n) is 10.7. The molecule has 0 fully saturated rings. The second-order valence-electron chi connectivity index (χ2n) is 4.13. The van der Waals surface area contributed by atoms with Gasteiger partial charge in [0.2, 0.25) is 5.43 Å². The molecule has 0 saturated carbocycles. The average molecular weight is 320 g/mol. The van der Waals surface area contributed by atoms with E-state index in [4.69, 9.17) is 16.3 Å². The molecule has 1 aliphatic carbocycles. The van der Waals surface area contributed by atoms with Gasteiger partial charge >= 0.3 is 12.1 Å². The van der Waals surface area contributed by atoms with Crippen molar-refractivity contribution in [1.82, 2.24) is 4.98 Å². The van der Waals surface area contributed by atoms with Crippen LogP contribution in [0.25, 0.3) is 11.6 Å². The molecule has 0 radical (unpaired) electrons. The Balaban J connectivity index is 2.57. The first-order chi connectivity index (χ1) is 9.74. The van der Waals surface area contributed by atoms with Crippen LogP contribution in [0, 0.1) is 0 Å². The number of halogens is 4. The summed E-state index contributed by atoms with van der Waals surface area (Å²) in [5.41, 5.74) is -1.53. The van der Waals surface area contributed by atoms with Gasteiger partial charge in [0.1, 0.15) is 5.56 Å². The van der Waals surface area contributed by atoms with Crippen molar-refractivity contribution >= 4 is 29.2 Å². The predicted octanol–water partition coefficient (Wildman–Crippen LogP) is 3.09. The van der Waals surface area contributed by atoms with E-state index < -0.39 is 17.6 Å². The van der Waals surface area contributed by atoms with Crippen LogP contribution in [0.1, 0.15) is 28.5 Å². The van der Waals surface area contributed by atoms with E-state index in [1.165, 1.54) is 0 Å². The standard InChI is InChI=1S/C13H9ClF3NO3/c1-2-21-12(20)8-5-18-10-6(11(8)19)3-9(14)7(10)4-13(15,16)17/h3-5H,2H2,1H3,(H,18,19)/b7-4-. The van der Waals surface area contributed by atoms with Crippen molar-refractivity contribution in [1.29, 1.82) is 0 Å². The van der Waals surface area contributed by atoms with Crippen LogP contribution in [0.3, 0.4) is 0 Å². The van der Waals surface area contributed by atoms with Gasteiger partial charge in [0.25, 0.3) is 0 Å². The first-order valence-corrected chi connectivity index (χ1v) is 6.22. The molecule has 21 heavy (non-hydrogen) atoms. The maximum Gasteiger partial charge on any atom is 0.410 e. The Kier molecular flexibility index (Phi) is 3.95. The molecular weight excluding hydrogens is 311 g/mol. The summed E-state index contributed by atoms with van der Waals surface area (Å²) in [7, 11) is 0. The number of pyridine rings is 1. The molecule has 1 aliphatic rings. The third-order valence-corrected chi connectivity index (χ3v) is 3.03. The minimum absolute atomic E-state index is 0.00234. The molecule has 1 heterocycles. The second kappa shape index (κ2) is 5.40. The molecule has 112 valence electrons. The van der Waals surface area contributed by atoms with Crippen molar-refractivity contribution in [2.45, 2.75) is 13.1 Å². The van der Waals surface area contributed by atoms with E-state index in [1.807, 2.05) is 0 Å². The van der Waals surface area contributed by atoms with Crippen LogP contribution in [0.5, 0.6) is 0 Å². The summed E-state index contributed by atoms with van der Waals surface area (Å²) in [6.07, 6.45) is -2.47. The third kappa shape index (κ3) is 3.02. The van der Waals surface area contributed by atoms with E-state index in [2.05, 4.69) is 4.98 Å². The number of hydrogen-bond donors (Lipinski definition) is 1. The van der Waals surface area contributed by atoms with Gasteiger partial charge in [-0.15, -0.1) is 0 Å². The van der Waals surface area contributed by atoms with E-state index >= 15 is 0 Å². The number of esters is 1. The molecule has 1 aromatic heterocycles. The van der Waals surface area contributed by atoms with Crippen molar-refractivity contribution in [3.05, 3.63) is 44.3 Å². The number of allylic oxidation sites excluding steroid dienone is 3. The number of hydrogen-bond acceptors (Lipinski definition) is 3. The molecule has 4 nitrogen and oxygen atoms in total. The third-order valence-electron chi connectivity index (χ3n) is 2.72. The lowest BCUT2D eigenvalue weighted by atomic mass is 10.1. The van der Waals surface area contributed by atoms with E-state index in [0.29, 0.717) is 0 Å². The zero-order valence-corrected chi connectivity index (χ0v) is 11.4. The van der Waals surface area contributed by atoms with Gasteiger partial charge in [0.05, 0.1) is 17.3 Å². The quantitative estimate of drug-likeness (QED) is 0.852. The van der Waals surface area contributed by atoms with Crippen molar-refractivity contribution < 1.29 is 22.7 Å². The van der Waals surface area contributed by atoms with E-state index in [1.54, 1.807) is 6.92 Å². The molecule has 1 N–H and O–H groups in total. The van der Waals surface area contributed by atoms with Gasteiger partial charge in [-0.2, -0.15) is 13.2 Å². The molecule has 0 aliphatic heterocycles. The highest BCUT2D eigenvalue weighted by atomic mass is 35.5. The van der Waals surface area contributed by atoms with Crippen molar-refractivity contribution in [2.75, 3.05) is 6.61 Å². The van der Waals surface area contributed by atoms with Crippen LogP contribution in [0.2, 0.25) is 0 Å². The number of aromatic amines is 1. The summed E-state index contributed by atoms with van der Waals surface area (Å²) in [5, 5.41) is -0.225. The summed E-state index contributed by atoms with van der Waals surface area (Å²) in [6, 6.07) is 0. The summed E-state index contributed by atoms with van der Waals surface area (Å²) >= 11 is 5.73. The number of rotatable bonds is 2. The largest absolute Gasteiger partial charge is 0.462 e. The van der Waals surface area contributed by atoms with E-state index in [9.17, 15) is 22.8 Å². The van der Waals surface area contributed by atoms with Gasteiger partial charge in [-0.05, 0) is 13.0 Å². The van der Waals surface area contributed by atoms with Gasteiger partial charge in [0.15, 0.2) is 0 Å². The van der Waals surface area contributed by atoms with E-state index in [0.717, 1.165) is 12.3 Å². The normalized spacial score (nSPS) is 15.9. The first-order valence-electron chi connectivity index (χ1n) is 5.85. The Morgan fingerprint density at radius 1 is 1.48 bits per heavy atom. The Morgan fingerprint density at radius 2 is 2.14 bits per heavy atom. The molecule has 8 heteroatoms. The number of carbonyl (C=O) groups is 1. The van der Waals surface area contributed by atoms with Crippen LogP contribution in [-0.4, -0.2) is 23.7 Å². The fourth-order valence-corrected chi connectivity index (χ4v) is 2.15. The molecule has 0 amide bonds. The molecular formula is C13H9ClF3NO3. The molecule has 0 atom stereocenters. The number of nitrogens with one attached hydrogen (secondary N) is 1. The van der Waals surface area contributed by atoms with Crippen LogP contribution >= 0.6 is 11.6 Å². The fraction of sp³-hybridized carbons (Fsp3) is 0.231. The molecule has 0 aromatic carbocycles. The van der Waals surface area contributed by atoms with Gasteiger partial charge in [0, 0.05) is 23.4 Å². The zero-order chi connectivity index (χ0) is 15.8. The van der Waals surface area contributed by atoms with Crippen molar-refractivity contribution in [3.8, 4) is 0 Å². The molecule has 0 bridgehead atoms. The highest BCUT2D eigenvalue weighted by Gasteiger charge is 2.31.